The third-order valence-electron chi connectivity index (χ3n) is 5.83. The second-order valence-corrected chi connectivity index (χ2v) is 7.89. The first-order valence-corrected chi connectivity index (χ1v) is 10.3. The Hall–Kier alpha value is -2.30. The summed E-state index contributed by atoms with van der Waals surface area (Å²) >= 11 is 0. The van der Waals surface area contributed by atoms with Gasteiger partial charge >= 0.3 is 0 Å². The lowest BCUT2D eigenvalue weighted by molar-refractivity contribution is 0.297. The Kier molecular flexibility index (Phi) is 6.76. The number of benzene rings is 2. The average molecular weight is 389 g/mol. The minimum absolute atomic E-state index is 0.0765. The number of unbranched alkanes of at least 4 members (excludes halogenated alkanes) is 2. The van der Waals surface area contributed by atoms with Gasteiger partial charge in [-0.1, -0.05) is 38.7 Å². The third-order valence-corrected chi connectivity index (χ3v) is 5.83. The number of ether oxygens (including phenoxy) is 1. The van der Waals surface area contributed by atoms with Crippen molar-refractivity contribution in [1.29, 1.82) is 0 Å². The molecule has 0 amide bonds. The van der Waals surface area contributed by atoms with Crippen LogP contribution in [-0.2, 0) is 0 Å². The SMILES string of the molecule is CCCCCC1CCC(c2ccc(Oc3ccc(N)cc3N)c(F)c2F)CC1. The van der Waals surface area contributed by atoms with Gasteiger partial charge in [0.1, 0.15) is 0 Å². The highest BCUT2D eigenvalue weighted by molar-refractivity contribution is 5.61. The molecule has 1 aliphatic carbocycles. The molecule has 28 heavy (non-hydrogen) atoms. The van der Waals surface area contributed by atoms with E-state index < -0.39 is 11.6 Å². The fourth-order valence-corrected chi connectivity index (χ4v) is 4.16. The van der Waals surface area contributed by atoms with Gasteiger partial charge in [-0.3, -0.25) is 0 Å². The van der Waals surface area contributed by atoms with Gasteiger partial charge in [0.2, 0.25) is 5.82 Å². The summed E-state index contributed by atoms with van der Waals surface area (Å²) in [5, 5.41) is 0. The van der Waals surface area contributed by atoms with Crippen LogP contribution in [0.25, 0.3) is 0 Å². The lowest BCUT2D eigenvalue weighted by Crippen LogP contribution is -2.15. The molecule has 0 aliphatic heterocycles. The van der Waals surface area contributed by atoms with Crippen molar-refractivity contribution < 1.29 is 13.5 Å². The van der Waals surface area contributed by atoms with Crippen LogP contribution in [0.1, 0.15) is 69.8 Å². The van der Waals surface area contributed by atoms with Gasteiger partial charge in [-0.25, -0.2) is 4.39 Å². The molecule has 2 aromatic rings. The van der Waals surface area contributed by atoms with Crippen LogP contribution < -0.4 is 16.2 Å². The van der Waals surface area contributed by atoms with Crippen LogP contribution in [0.15, 0.2) is 30.3 Å². The van der Waals surface area contributed by atoms with E-state index in [1.807, 2.05) is 0 Å². The molecular formula is C23H30F2N2O. The van der Waals surface area contributed by atoms with Crippen LogP contribution in [-0.4, -0.2) is 0 Å². The first-order chi connectivity index (χ1) is 13.5. The average Bonchev–Trinajstić information content (AvgIpc) is 2.68. The van der Waals surface area contributed by atoms with E-state index >= 15 is 0 Å². The van der Waals surface area contributed by atoms with E-state index in [0.717, 1.165) is 31.6 Å². The van der Waals surface area contributed by atoms with E-state index in [-0.39, 0.29) is 23.1 Å². The summed E-state index contributed by atoms with van der Waals surface area (Å²) in [6.07, 6.45) is 9.06. The molecule has 4 N–H and O–H groups in total. The Bertz CT molecular complexity index is 801. The van der Waals surface area contributed by atoms with Crippen molar-refractivity contribution >= 4 is 11.4 Å². The van der Waals surface area contributed by atoms with E-state index in [9.17, 15) is 8.78 Å². The van der Waals surface area contributed by atoms with Gasteiger partial charge in [-0.2, -0.15) is 4.39 Å². The number of nitrogen functional groups attached to an aromatic ring is 2. The van der Waals surface area contributed by atoms with E-state index in [4.69, 9.17) is 16.2 Å². The van der Waals surface area contributed by atoms with E-state index in [1.165, 1.54) is 37.8 Å². The maximum atomic E-state index is 14.8. The number of halogens is 2. The molecule has 0 saturated heterocycles. The van der Waals surface area contributed by atoms with Gasteiger partial charge in [-0.05, 0) is 67.3 Å². The Morgan fingerprint density at radius 1 is 0.929 bits per heavy atom. The van der Waals surface area contributed by atoms with Gasteiger partial charge in [0.15, 0.2) is 17.3 Å². The molecular weight excluding hydrogens is 358 g/mol. The topological polar surface area (TPSA) is 61.3 Å². The van der Waals surface area contributed by atoms with Crippen molar-refractivity contribution in [3.8, 4) is 11.5 Å². The third kappa shape index (κ3) is 4.75. The number of hydrogen-bond donors (Lipinski definition) is 2. The number of rotatable bonds is 7. The molecule has 1 aliphatic rings. The van der Waals surface area contributed by atoms with Crippen molar-refractivity contribution in [2.24, 2.45) is 5.92 Å². The van der Waals surface area contributed by atoms with Gasteiger partial charge in [0.25, 0.3) is 0 Å². The van der Waals surface area contributed by atoms with Crippen LogP contribution in [0.4, 0.5) is 20.2 Å². The molecule has 1 fully saturated rings. The normalized spacial score (nSPS) is 19.5. The Morgan fingerprint density at radius 3 is 2.32 bits per heavy atom. The minimum Gasteiger partial charge on any atom is -0.452 e. The van der Waals surface area contributed by atoms with Crippen molar-refractivity contribution in [3.05, 3.63) is 47.5 Å². The number of nitrogens with two attached hydrogens (primary N) is 2. The summed E-state index contributed by atoms with van der Waals surface area (Å²) in [6, 6.07) is 7.83. The first-order valence-electron chi connectivity index (χ1n) is 10.3. The number of hydrogen-bond acceptors (Lipinski definition) is 3. The molecule has 3 rings (SSSR count). The summed E-state index contributed by atoms with van der Waals surface area (Å²) in [4.78, 5) is 0. The van der Waals surface area contributed by atoms with E-state index in [2.05, 4.69) is 6.92 Å². The van der Waals surface area contributed by atoms with Crippen molar-refractivity contribution in [3.63, 3.8) is 0 Å². The molecule has 3 nitrogen and oxygen atoms in total. The Labute approximate surface area is 166 Å². The molecule has 0 aromatic heterocycles. The maximum Gasteiger partial charge on any atom is 0.201 e. The summed E-state index contributed by atoms with van der Waals surface area (Å²) in [6.45, 7) is 2.21. The number of anilines is 2. The standard InChI is InChI=1S/C23H30F2N2O/c1-2-3-4-5-15-6-8-16(9-7-15)18-11-13-21(23(25)22(18)24)28-20-12-10-17(26)14-19(20)27/h10-16H,2-9,26-27H2,1H3. The predicted molar refractivity (Wildman–Crippen MR) is 111 cm³/mol. The van der Waals surface area contributed by atoms with Gasteiger partial charge < -0.3 is 16.2 Å². The first kappa shape index (κ1) is 20.4. The fraction of sp³-hybridized carbons (Fsp3) is 0.478. The molecule has 1 saturated carbocycles. The van der Waals surface area contributed by atoms with Gasteiger partial charge in [0.05, 0.1) is 5.69 Å². The van der Waals surface area contributed by atoms with Crippen molar-refractivity contribution in [1.82, 2.24) is 0 Å². The zero-order chi connectivity index (χ0) is 20.1. The molecule has 0 radical (unpaired) electrons. The van der Waals surface area contributed by atoms with Crippen molar-refractivity contribution in [2.45, 2.75) is 64.2 Å². The summed E-state index contributed by atoms with van der Waals surface area (Å²) < 4.78 is 34.9. The molecule has 0 heterocycles. The van der Waals surface area contributed by atoms with Gasteiger partial charge in [-0.15, -0.1) is 0 Å². The summed E-state index contributed by atoms with van der Waals surface area (Å²) in [5.41, 5.74) is 12.7. The molecule has 0 bridgehead atoms. The second-order valence-electron chi connectivity index (χ2n) is 7.89. The van der Waals surface area contributed by atoms with Crippen molar-refractivity contribution in [2.75, 3.05) is 11.5 Å². The smallest absolute Gasteiger partial charge is 0.201 e. The lowest BCUT2D eigenvalue weighted by Gasteiger charge is -2.29. The maximum absolute atomic E-state index is 14.8. The predicted octanol–water partition coefficient (Wildman–Crippen LogP) is 6.78. The lowest BCUT2D eigenvalue weighted by atomic mass is 9.77. The second kappa shape index (κ2) is 9.26. The highest BCUT2D eigenvalue weighted by Gasteiger charge is 2.26. The molecule has 152 valence electrons. The van der Waals surface area contributed by atoms with Crippen LogP contribution in [0.5, 0.6) is 11.5 Å². The zero-order valence-electron chi connectivity index (χ0n) is 16.5. The van der Waals surface area contributed by atoms with Crippen LogP contribution in [0.2, 0.25) is 0 Å². The Morgan fingerprint density at radius 2 is 1.64 bits per heavy atom. The van der Waals surface area contributed by atoms with Crippen LogP contribution >= 0.6 is 0 Å². The summed E-state index contributed by atoms with van der Waals surface area (Å²) in [5.74, 6) is -0.863. The fourth-order valence-electron chi connectivity index (χ4n) is 4.16. The molecule has 2 aromatic carbocycles. The Balaban J connectivity index is 1.67. The molecule has 5 heteroatoms. The molecule has 0 atom stereocenters. The minimum atomic E-state index is -0.959. The van der Waals surface area contributed by atoms with Crippen LogP contribution in [0.3, 0.4) is 0 Å². The quantitative estimate of drug-likeness (QED) is 0.406. The van der Waals surface area contributed by atoms with Gasteiger partial charge in [0, 0.05) is 5.69 Å². The zero-order valence-corrected chi connectivity index (χ0v) is 16.5. The van der Waals surface area contributed by atoms with E-state index in [1.54, 1.807) is 18.2 Å². The molecule has 0 unspecified atom stereocenters. The van der Waals surface area contributed by atoms with Crippen LogP contribution in [0, 0.1) is 17.6 Å². The highest BCUT2D eigenvalue weighted by atomic mass is 19.2. The molecule has 0 spiro atoms. The monoisotopic (exact) mass is 388 g/mol. The largest absolute Gasteiger partial charge is 0.452 e. The highest BCUT2D eigenvalue weighted by Crippen LogP contribution is 2.41. The van der Waals surface area contributed by atoms with E-state index in [0.29, 0.717) is 11.3 Å². The summed E-state index contributed by atoms with van der Waals surface area (Å²) in [7, 11) is 0.